The van der Waals surface area contributed by atoms with Crippen LogP contribution in [0.2, 0.25) is 0 Å². The molecule has 0 radical (unpaired) electrons. The van der Waals surface area contributed by atoms with Gasteiger partial charge in [0.05, 0.1) is 0 Å². The van der Waals surface area contributed by atoms with Crippen molar-refractivity contribution in [3.8, 4) is 33.4 Å². The molecule has 0 saturated heterocycles. The van der Waals surface area contributed by atoms with Crippen molar-refractivity contribution in [3.63, 3.8) is 0 Å². The van der Waals surface area contributed by atoms with Crippen LogP contribution in [0.25, 0.3) is 21.2 Å². The molecule has 0 aliphatic heterocycles. The molecular formula is C20H12F2O3S. The summed E-state index contributed by atoms with van der Waals surface area (Å²) in [6.45, 7) is 0. The molecule has 1 aromatic heterocycles. The topological polar surface area (TPSA) is 49.7 Å². The Hall–Kier alpha value is -3.12. The van der Waals surface area contributed by atoms with Crippen molar-refractivity contribution in [2.45, 2.75) is 0 Å². The average Bonchev–Trinajstić information content (AvgIpc) is 2.96. The normalized spacial score (nSPS) is 11.0. The second-order valence-corrected chi connectivity index (χ2v) is 6.68. The summed E-state index contributed by atoms with van der Waals surface area (Å²) >= 11 is 1.17. The number of rotatable bonds is 3. The zero-order valence-corrected chi connectivity index (χ0v) is 14.1. The van der Waals surface area contributed by atoms with Crippen LogP contribution in [0.1, 0.15) is 0 Å². The third-order valence-corrected chi connectivity index (χ3v) is 4.89. The third-order valence-electron chi connectivity index (χ3n) is 3.88. The molecule has 26 heavy (non-hydrogen) atoms. The highest BCUT2D eigenvalue weighted by Crippen LogP contribution is 2.48. The fourth-order valence-electron chi connectivity index (χ4n) is 2.72. The Morgan fingerprint density at radius 2 is 1.50 bits per heavy atom. The van der Waals surface area contributed by atoms with E-state index in [2.05, 4.69) is 0 Å². The first-order valence-corrected chi connectivity index (χ1v) is 8.51. The summed E-state index contributed by atoms with van der Waals surface area (Å²) in [5, 5.41) is 19.8. The second-order valence-electron chi connectivity index (χ2n) is 5.67. The molecule has 0 spiro atoms. The van der Waals surface area contributed by atoms with Crippen molar-refractivity contribution >= 4 is 21.4 Å². The van der Waals surface area contributed by atoms with Gasteiger partial charge in [0.1, 0.15) is 28.9 Å². The van der Waals surface area contributed by atoms with Crippen LogP contribution in [-0.2, 0) is 0 Å². The van der Waals surface area contributed by atoms with Crippen molar-refractivity contribution in [1.82, 2.24) is 0 Å². The van der Waals surface area contributed by atoms with Gasteiger partial charge in [0.25, 0.3) is 0 Å². The summed E-state index contributed by atoms with van der Waals surface area (Å²) in [6, 6.07) is 14.3. The van der Waals surface area contributed by atoms with E-state index in [0.717, 1.165) is 6.07 Å². The minimum absolute atomic E-state index is 0.100. The van der Waals surface area contributed by atoms with Gasteiger partial charge in [-0.15, -0.1) is 0 Å². The molecular weight excluding hydrogens is 358 g/mol. The Balaban J connectivity index is 1.93. The summed E-state index contributed by atoms with van der Waals surface area (Å²) < 4.78 is 34.3. The highest BCUT2D eigenvalue weighted by molar-refractivity contribution is 7.21. The summed E-state index contributed by atoms with van der Waals surface area (Å²) in [4.78, 5) is 0. The van der Waals surface area contributed by atoms with Crippen LogP contribution in [0.15, 0.2) is 60.7 Å². The maximum absolute atomic E-state index is 14.6. The zero-order chi connectivity index (χ0) is 18.3. The standard InChI is InChI=1S/C20H12F2O3S/c21-12-3-1-11(2-4-12)18-19-16(22)9-14(24)10-17(19)26-20(18)25-15-7-5-13(23)6-8-15/h1-10,23-24H. The van der Waals surface area contributed by atoms with Crippen molar-refractivity contribution in [1.29, 1.82) is 0 Å². The molecule has 0 atom stereocenters. The molecule has 0 unspecified atom stereocenters. The number of halogens is 2. The second kappa shape index (κ2) is 6.31. The van der Waals surface area contributed by atoms with E-state index in [-0.39, 0.29) is 11.5 Å². The summed E-state index contributed by atoms with van der Waals surface area (Å²) in [6.07, 6.45) is 0. The maximum atomic E-state index is 14.6. The zero-order valence-electron chi connectivity index (χ0n) is 13.2. The molecule has 6 heteroatoms. The van der Waals surface area contributed by atoms with Gasteiger partial charge in [0.15, 0.2) is 5.06 Å². The smallest absolute Gasteiger partial charge is 0.190 e. The monoisotopic (exact) mass is 370 g/mol. The van der Waals surface area contributed by atoms with Gasteiger partial charge in [-0.05, 0) is 48.0 Å². The highest BCUT2D eigenvalue weighted by atomic mass is 32.1. The lowest BCUT2D eigenvalue weighted by molar-refractivity contribution is 0.468. The van der Waals surface area contributed by atoms with Gasteiger partial charge in [-0.3, -0.25) is 0 Å². The molecule has 3 aromatic carbocycles. The van der Waals surface area contributed by atoms with Crippen molar-refractivity contribution in [2.75, 3.05) is 0 Å². The number of benzene rings is 3. The van der Waals surface area contributed by atoms with Crippen molar-refractivity contribution in [2.24, 2.45) is 0 Å². The number of phenolic OH excluding ortho intramolecular Hbond substituents is 2. The van der Waals surface area contributed by atoms with Gasteiger partial charge in [0, 0.05) is 21.7 Å². The average molecular weight is 370 g/mol. The van der Waals surface area contributed by atoms with E-state index >= 15 is 0 Å². The SMILES string of the molecule is Oc1ccc(Oc2sc3cc(O)cc(F)c3c2-c2ccc(F)cc2)cc1. The number of ether oxygens (including phenoxy) is 1. The fourth-order valence-corrected chi connectivity index (χ4v) is 3.86. The molecule has 1 heterocycles. The first kappa shape index (κ1) is 16.4. The number of fused-ring (bicyclic) bond motifs is 1. The van der Waals surface area contributed by atoms with Crippen LogP contribution in [0.3, 0.4) is 0 Å². The molecule has 0 aliphatic rings. The maximum Gasteiger partial charge on any atom is 0.190 e. The van der Waals surface area contributed by atoms with Crippen LogP contribution in [-0.4, -0.2) is 10.2 Å². The van der Waals surface area contributed by atoms with E-state index in [1.807, 2.05) is 0 Å². The molecule has 0 fully saturated rings. The first-order valence-electron chi connectivity index (χ1n) is 7.69. The third kappa shape index (κ3) is 2.95. The lowest BCUT2D eigenvalue weighted by Gasteiger charge is -2.08. The Kier molecular flexibility index (Phi) is 3.97. The van der Waals surface area contributed by atoms with E-state index in [0.29, 0.717) is 32.0 Å². The molecule has 0 aliphatic carbocycles. The van der Waals surface area contributed by atoms with Crippen LogP contribution >= 0.6 is 11.3 Å². The minimum atomic E-state index is -0.587. The predicted octanol–water partition coefficient (Wildman–Crippen LogP) is 6.05. The van der Waals surface area contributed by atoms with Gasteiger partial charge in [-0.25, -0.2) is 8.78 Å². The number of aromatic hydroxyl groups is 2. The van der Waals surface area contributed by atoms with E-state index < -0.39 is 11.6 Å². The molecule has 4 rings (SSSR count). The molecule has 4 aromatic rings. The van der Waals surface area contributed by atoms with E-state index in [1.54, 1.807) is 24.3 Å². The number of thiophene rings is 1. The van der Waals surface area contributed by atoms with Crippen molar-refractivity contribution in [3.05, 3.63) is 72.3 Å². The van der Waals surface area contributed by atoms with Crippen LogP contribution < -0.4 is 4.74 Å². The summed E-state index contributed by atoms with van der Waals surface area (Å²) in [5.74, 6) is -0.604. The predicted molar refractivity (Wildman–Crippen MR) is 97.0 cm³/mol. The van der Waals surface area contributed by atoms with E-state index in [1.165, 1.54) is 41.7 Å². The van der Waals surface area contributed by atoms with Gasteiger partial charge >= 0.3 is 0 Å². The minimum Gasteiger partial charge on any atom is -0.508 e. The Labute approximate surface area is 151 Å². The molecule has 0 saturated carbocycles. The van der Waals surface area contributed by atoms with Gasteiger partial charge in [0.2, 0.25) is 0 Å². The van der Waals surface area contributed by atoms with E-state index in [9.17, 15) is 19.0 Å². The van der Waals surface area contributed by atoms with Gasteiger partial charge in [-0.1, -0.05) is 23.5 Å². The lowest BCUT2D eigenvalue weighted by atomic mass is 10.0. The number of phenols is 2. The quantitative estimate of drug-likeness (QED) is 0.461. The van der Waals surface area contributed by atoms with Crippen LogP contribution in [0, 0.1) is 11.6 Å². The van der Waals surface area contributed by atoms with Crippen LogP contribution in [0.5, 0.6) is 22.3 Å². The van der Waals surface area contributed by atoms with E-state index in [4.69, 9.17) is 4.74 Å². The number of hydrogen-bond donors (Lipinski definition) is 2. The summed E-state index contributed by atoms with van der Waals surface area (Å²) in [5.41, 5.74) is 1.08. The van der Waals surface area contributed by atoms with Gasteiger partial charge in [-0.2, -0.15) is 0 Å². The Morgan fingerprint density at radius 3 is 2.19 bits per heavy atom. The molecule has 3 nitrogen and oxygen atoms in total. The molecule has 130 valence electrons. The molecule has 0 amide bonds. The lowest BCUT2D eigenvalue weighted by Crippen LogP contribution is -1.86. The fraction of sp³-hybridized carbons (Fsp3) is 0. The summed E-state index contributed by atoms with van der Waals surface area (Å²) in [7, 11) is 0. The van der Waals surface area contributed by atoms with Gasteiger partial charge < -0.3 is 14.9 Å². The molecule has 2 N–H and O–H groups in total. The van der Waals surface area contributed by atoms with Crippen molar-refractivity contribution < 1.29 is 23.7 Å². The Morgan fingerprint density at radius 1 is 0.808 bits per heavy atom. The Bertz CT molecular complexity index is 1090. The largest absolute Gasteiger partial charge is 0.508 e. The first-order chi connectivity index (χ1) is 12.5. The highest BCUT2D eigenvalue weighted by Gasteiger charge is 2.20. The molecule has 0 bridgehead atoms. The van der Waals surface area contributed by atoms with Crippen LogP contribution in [0.4, 0.5) is 8.78 Å². The number of hydrogen-bond acceptors (Lipinski definition) is 4.